The largest absolute Gasteiger partial charge is 0.461 e. The number of carbonyl (C=O) groups excluding carboxylic acids is 1. The predicted molar refractivity (Wildman–Crippen MR) is 108 cm³/mol. The van der Waals surface area contributed by atoms with Gasteiger partial charge >= 0.3 is 0 Å². The van der Waals surface area contributed by atoms with Gasteiger partial charge in [0, 0.05) is 12.2 Å². The van der Waals surface area contributed by atoms with Gasteiger partial charge < -0.3 is 9.73 Å². The topological polar surface area (TPSA) is 73.0 Å². The molecular formula is C20H24N4O2S. The predicted octanol–water partition coefficient (Wildman–Crippen LogP) is 4.41. The molecule has 0 aliphatic heterocycles. The molecule has 0 bridgehead atoms. The second-order valence-corrected chi connectivity index (χ2v) is 6.97. The average molecular weight is 385 g/mol. The van der Waals surface area contributed by atoms with E-state index in [1.807, 2.05) is 29.7 Å². The van der Waals surface area contributed by atoms with Crippen molar-refractivity contribution in [2.24, 2.45) is 0 Å². The fourth-order valence-electron chi connectivity index (χ4n) is 2.98. The molecule has 6 nitrogen and oxygen atoms in total. The molecule has 2 heterocycles. The number of carbonyl (C=O) groups is 1. The maximum atomic E-state index is 12.5. The molecule has 27 heavy (non-hydrogen) atoms. The highest BCUT2D eigenvalue weighted by Gasteiger charge is 2.17. The number of anilines is 1. The van der Waals surface area contributed by atoms with Crippen LogP contribution in [-0.4, -0.2) is 26.4 Å². The number of rotatable bonds is 8. The van der Waals surface area contributed by atoms with Crippen LogP contribution < -0.4 is 5.32 Å². The monoisotopic (exact) mass is 384 g/mol. The lowest BCUT2D eigenvalue weighted by molar-refractivity contribution is -0.113. The summed E-state index contributed by atoms with van der Waals surface area (Å²) in [4.78, 5) is 12.5. The summed E-state index contributed by atoms with van der Waals surface area (Å²) >= 11 is 1.38. The number of aromatic nitrogens is 3. The van der Waals surface area contributed by atoms with E-state index in [1.54, 1.807) is 6.26 Å². The first-order valence-electron chi connectivity index (χ1n) is 9.18. The summed E-state index contributed by atoms with van der Waals surface area (Å²) in [6.45, 7) is 6.91. The second kappa shape index (κ2) is 8.90. The maximum absolute atomic E-state index is 12.5. The van der Waals surface area contributed by atoms with E-state index in [9.17, 15) is 4.79 Å². The third kappa shape index (κ3) is 4.24. The SMILES string of the molecule is CCc1cccc(CC)c1NC(=O)CSc1nnc(-c2ccco2)n1CC. The molecule has 3 aromatic rings. The Labute approximate surface area is 163 Å². The number of amides is 1. The van der Waals surface area contributed by atoms with E-state index in [-0.39, 0.29) is 11.7 Å². The van der Waals surface area contributed by atoms with Gasteiger partial charge in [0.05, 0.1) is 12.0 Å². The molecule has 0 atom stereocenters. The van der Waals surface area contributed by atoms with Crippen LogP contribution in [-0.2, 0) is 24.2 Å². The number of aryl methyl sites for hydroxylation is 2. The number of para-hydroxylation sites is 1. The summed E-state index contributed by atoms with van der Waals surface area (Å²) in [7, 11) is 0. The molecule has 2 aromatic heterocycles. The highest BCUT2D eigenvalue weighted by Crippen LogP contribution is 2.26. The van der Waals surface area contributed by atoms with E-state index in [1.165, 1.54) is 11.8 Å². The molecule has 0 radical (unpaired) electrons. The molecule has 0 aliphatic carbocycles. The summed E-state index contributed by atoms with van der Waals surface area (Å²) in [5, 5.41) is 12.2. The molecule has 0 unspecified atom stereocenters. The van der Waals surface area contributed by atoms with Crippen molar-refractivity contribution >= 4 is 23.4 Å². The number of furan rings is 1. The van der Waals surface area contributed by atoms with Crippen LogP contribution in [0.25, 0.3) is 11.6 Å². The highest BCUT2D eigenvalue weighted by atomic mass is 32.2. The Balaban J connectivity index is 1.70. The fourth-order valence-corrected chi connectivity index (χ4v) is 3.78. The highest BCUT2D eigenvalue weighted by molar-refractivity contribution is 7.99. The summed E-state index contributed by atoms with van der Waals surface area (Å²) in [5.74, 6) is 1.58. The first-order chi connectivity index (χ1) is 13.2. The number of benzene rings is 1. The molecule has 0 aliphatic rings. The van der Waals surface area contributed by atoms with Gasteiger partial charge in [-0.15, -0.1) is 10.2 Å². The van der Waals surface area contributed by atoms with E-state index in [0.29, 0.717) is 23.3 Å². The molecule has 0 saturated carbocycles. The lowest BCUT2D eigenvalue weighted by Gasteiger charge is -2.14. The summed E-state index contributed by atoms with van der Waals surface area (Å²) in [5.41, 5.74) is 3.26. The van der Waals surface area contributed by atoms with Crippen LogP contribution in [0.4, 0.5) is 5.69 Å². The van der Waals surface area contributed by atoms with Crippen molar-refractivity contribution in [3.8, 4) is 11.6 Å². The van der Waals surface area contributed by atoms with E-state index >= 15 is 0 Å². The molecule has 0 fully saturated rings. The number of hydrogen-bond donors (Lipinski definition) is 1. The Kier molecular flexibility index (Phi) is 6.34. The van der Waals surface area contributed by atoms with Gasteiger partial charge in [0.25, 0.3) is 0 Å². The van der Waals surface area contributed by atoms with Crippen molar-refractivity contribution in [2.45, 2.75) is 45.3 Å². The summed E-state index contributed by atoms with van der Waals surface area (Å²) in [6, 6.07) is 9.84. The molecule has 0 saturated heterocycles. The van der Waals surface area contributed by atoms with Crippen molar-refractivity contribution in [1.82, 2.24) is 14.8 Å². The third-order valence-corrected chi connectivity index (χ3v) is 5.34. The molecule has 1 N–H and O–H groups in total. The Hall–Kier alpha value is -2.54. The minimum Gasteiger partial charge on any atom is -0.461 e. The van der Waals surface area contributed by atoms with Crippen molar-refractivity contribution in [3.05, 3.63) is 47.7 Å². The van der Waals surface area contributed by atoms with E-state index < -0.39 is 0 Å². The summed E-state index contributed by atoms with van der Waals surface area (Å²) < 4.78 is 7.37. The van der Waals surface area contributed by atoms with Gasteiger partial charge in [0.15, 0.2) is 16.7 Å². The summed E-state index contributed by atoms with van der Waals surface area (Å²) in [6.07, 6.45) is 3.38. The number of thioether (sulfide) groups is 1. The molecular weight excluding hydrogens is 360 g/mol. The van der Waals surface area contributed by atoms with Crippen molar-refractivity contribution in [3.63, 3.8) is 0 Å². The van der Waals surface area contributed by atoms with Crippen molar-refractivity contribution in [2.75, 3.05) is 11.1 Å². The van der Waals surface area contributed by atoms with Gasteiger partial charge in [-0.25, -0.2) is 0 Å². The fraction of sp³-hybridized carbons (Fsp3) is 0.350. The van der Waals surface area contributed by atoms with Crippen LogP contribution in [0.15, 0.2) is 46.2 Å². The van der Waals surface area contributed by atoms with Crippen LogP contribution in [0.1, 0.15) is 31.9 Å². The van der Waals surface area contributed by atoms with Crippen LogP contribution in [0.3, 0.4) is 0 Å². The Morgan fingerprint density at radius 1 is 1.11 bits per heavy atom. The molecule has 1 aromatic carbocycles. The lowest BCUT2D eigenvalue weighted by Crippen LogP contribution is -2.17. The van der Waals surface area contributed by atoms with Crippen LogP contribution in [0.2, 0.25) is 0 Å². The van der Waals surface area contributed by atoms with E-state index in [0.717, 1.165) is 29.7 Å². The zero-order chi connectivity index (χ0) is 19.2. The van der Waals surface area contributed by atoms with E-state index in [2.05, 4.69) is 41.5 Å². The zero-order valence-electron chi connectivity index (χ0n) is 15.9. The van der Waals surface area contributed by atoms with E-state index in [4.69, 9.17) is 4.42 Å². The normalized spacial score (nSPS) is 10.9. The minimum absolute atomic E-state index is 0.0409. The van der Waals surface area contributed by atoms with Crippen LogP contribution >= 0.6 is 11.8 Å². The quantitative estimate of drug-likeness (QED) is 0.582. The number of nitrogens with zero attached hydrogens (tertiary/aromatic N) is 3. The standard InChI is InChI=1S/C20H24N4O2S/c1-4-14-9-7-10-15(5-2)18(14)21-17(25)13-27-20-23-22-19(24(20)6-3)16-11-8-12-26-16/h7-12H,4-6,13H2,1-3H3,(H,21,25). The molecule has 1 amide bonds. The Morgan fingerprint density at radius 3 is 2.44 bits per heavy atom. The average Bonchev–Trinajstić information content (AvgIpc) is 3.35. The van der Waals surface area contributed by atoms with Crippen molar-refractivity contribution < 1.29 is 9.21 Å². The number of nitrogens with one attached hydrogen (secondary N) is 1. The van der Waals surface area contributed by atoms with Gasteiger partial charge in [-0.1, -0.05) is 43.8 Å². The lowest BCUT2D eigenvalue weighted by atomic mass is 10.0. The van der Waals surface area contributed by atoms with Crippen LogP contribution in [0, 0.1) is 0 Å². The first kappa shape index (κ1) is 19.2. The van der Waals surface area contributed by atoms with Gasteiger partial charge in [0.2, 0.25) is 5.91 Å². The number of hydrogen-bond acceptors (Lipinski definition) is 5. The zero-order valence-corrected chi connectivity index (χ0v) is 16.7. The molecule has 0 spiro atoms. The third-order valence-electron chi connectivity index (χ3n) is 4.37. The minimum atomic E-state index is -0.0409. The Bertz CT molecular complexity index is 881. The maximum Gasteiger partial charge on any atom is 0.234 e. The molecule has 7 heteroatoms. The van der Waals surface area contributed by atoms with Gasteiger partial charge in [-0.3, -0.25) is 9.36 Å². The van der Waals surface area contributed by atoms with Gasteiger partial charge in [0.1, 0.15) is 0 Å². The smallest absolute Gasteiger partial charge is 0.234 e. The molecule has 3 rings (SSSR count). The Morgan fingerprint density at radius 2 is 1.85 bits per heavy atom. The van der Waals surface area contributed by atoms with Crippen molar-refractivity contribution in [1.29, 1.82) is 0 Å². The molecule has 142 valence electrons. The van der Waals surface area contributed by atoms with Gasteiger partial charge in [-0.2, -0.15) is 0 Å². The first-order valence-corrected chi connectivity index (χ1v) is 10.2. The van der Waals surface area contributed by atoms with Gasteiger partial charge in [-0.05, 0) is 43.0 Å². The van der Waals surface area contributed by atoms with Crippen LogP contribution in [0.5, 0.6) is 0 Å². The second-order valence-electron chi connectivity index (χ2n) is 6.02.